The van der Waals surface area contributed by atoms with Crippen molar-refractivity contribution < 1.29 is 28.3 Å². The first kappa shape index (κ1) is 18.6. The molecule has 1 aliphatic rings. The molecule has 1 unspecified atom stereocenters. The Hall–Kier alpha value is -3.74. The van der Waals surface area contributed by atoms with Crippen LogP contribution in [0.15, 0.2) is 75.0 Å². The van der Waals surface area contributed by atoms with E-state index in [0.717, 1.165) is 0 Å². The summed E-state index contributed by atoms with van der Waals surface area (Å²) in [5.74, 6) is -0.228. The molecule has 0 spiro atoms. The zero-order valence-electron chi connectivity index (χ0n) is 15.9. The summed E-state index contributed by atoms with van der Waals surface area (Å²) in [5, 5.41) is 10.6. The second-order valence-electron chi connectivity index (χ2n) is 6.52. The number of hydrogen-bond donors (Lipinski definition) is 1. The molecule has 148 valence electrons. The van der Waals surface area contributed by atoms with Gasteiger partial charge in [0.1, 0.15) is 23.3 Å². The lowest BCUT2D eigenvalue weighted by atomic mass is 9.99. The molecule has 0 aliphatic carbocycles. The summed E-state index contributed by atoms with van der Waals surface area (Å²) < 4.78 is 16.4. The van der Waals surface area contributed by atoms with Crippen LogP contribution in [-0.2, 0) is 4.79 Å². The number of ketones is 1. The molecule has 0 bridgehead atoms. The van der Waals surface area contributed by atoms with Gasteiger partial charge in [-0.2, -0.15) is 0 Å². The van der Waals surface area contributed by atoms with Crippen LogP contribution in [0.3, 0.4) is 0 Å². The van der Waals surface area contributed by atoms with Crippen molar-refractivity contribution in [3.8, 4) is 5.75 Å². The van der Waals surface area contributed by atoms with Crippen molar-refractivity contribution >= 4 is 17.4 Å². The molecule has 1 atom stereocenters. The fourth-order valence-electron chi connectivity index (χ4n) is 3.38. The van der Waals surface area contributed by atoms with Crippen LogP contribution in [-0.4, -0.2) is 23.4 Å². The molecule has 0 radical (unpaired) electrons. The van der Waals surface area contributed by atoms with E-state index in [-0.39, 0.29) is 11.3 Å². The fourth-order valence-corrected chi connectivity index (χ4v) is 3.38. The number of nitrogens with zero attached hydrogens (tertiary/aromatic N) is 1. The van der Waals surface area contributed by atoms with Crippen LogP contribution in [0.5, 0.6) is 5.75 Å². The number of amides is 1. The lowest BCUT2D eigenvalue weighted by Gasteiger charge is -2.25. The summed E-state index contributed by atoms with van der Waals surface area (Å²) in [4.78, 5) is 27.3. The SMILES string of the molecule is CCOc1ccc(N2C(=O)C(O)=C(C(=O)c3ccco3)C2c2ccc(C)o2)cc1. The van der Waals surface area contributed by atoms with Crippen molar-refractivity contribution in [2.75, 3.05) is 11.5 Å². The fraction of sp³-hybridized carbons (Fsp3) is 0.182. The van der Waals surface area contributed by atoms with Crippen LogP contribution in [0.4, 0.5) is 5.69 Å². The number of furan rings is 2. The number of aliphatic hydroxyl groups excluding tert-OH is 1. The first-order chi connectivity index (χ1) is 14.0. The van der Waals surface area contributed by atoms with Gasteiger partial charge in [0.2, 0.25) is 5.78 Å². The van der Waals surface area contributed by atoms with Crippen LogP contribution in [0.1, 0.15) is 35.0 Å². The van der Waals surface area contributed by atoms with Gasteiger partial charge in [-0.3, -0.25) is 14.5 Å². The van der Waals surface area contributed by atoms with Crippen molar-refractivity contribution in [1.82, 2.24) is 0 Å². The largest absolute Gasteiger partial charge is 0.503 e. The zero-order valence-corrected chi connectivity index (χ0v) is 15.9. The second kappa shape index (κ2) is 7.35. The van der Waals surface area contributed by atoms with Crippen LogP contribution < -0.4 is 9.64 Å². The molecule has 0 saturated carbocycles. The molecule has 7 heteroatoms. The smallest absolute Gasteiger partial charge is 0.294 e. The molecule has 1 aromatic carbocycles. The Morgan fingerprint density at radius 1 is 1.17 bits per heavy atom. The van der Waals surface area contributed by atoms with Gasteiger partial charge in [-0.05, 0) is 62.4 Å². The Morgan fingerprint density at radius 2 is 1.93 bits per heavy atom. The van der Waals surface area contributed by atoms with E-state index in [2.05, 4.69) is 0 Å². The molecule has 4 rings (SSSR count). The third-order valence-electron chi connectivity index (χ3n) is 4.65. The molecular formula is C22H19NO6. The van der Waals surface area contributed by atoms with Gasteiger partial charge in [0.05, 0.1) is 18.4 Å². The standard InChI is InChI=1S/C22H19NO6/c1-3-27-15-9-7-14(8-10-15)23-19(16-11-6-13(2)29-16)18(21(25)22(23)26)20(24)17-5-4-12-28-17/h4-12,19,25H,3H2,1-2H3. The highest BCUT2D eigenvalue weighted by Crippen LogP contribution is 2.42. The van der Waals surface area contributed by atoms with Gasteiger partial charge >= 0.3 is 0 Å². The molecule has 7 nitrogen and oxygen atoms in total. The quantitative estimate of drug-likeness (QED) is 0.626. The molecule has 0 fully saturated rings. The van der Waals surface area contributed by atoms with Gasteiger partial charge in [0, 0.05) is 5.69 Å². The van der Waals surface area contributed by atoms with Crippen molar-refractivity contribution in [2.45, 2.75) is 19.9 Å². The number of anilines is 1. The summed E-state index contributed by atoms with van der Waals surface area (Å²) >= 11 is 0. The van der Waals surface area contributed by atoms with Crippen molar-refractivity contribution in [1.29, 1.82) is 0 Å². The third-order valence-corrected chi connectivity index (χ3v) is 4.65. The number of carbonyl (C=O) groups excluding carboxylic acids is 2. The van der Waals surface area contributed by atoms with Gasteiger partial charge in [-0.15, -0.1) is 0 Å². The molecule has 1 amide bonds. The molecule has 1 aliphatic heterocycles. The van der Waals surface area contributed by atoms with Gasteiger partial charge in [-0.25, -0.2) is 0 Å². The summed E-state index contributed by atoms with van der Waals surface area (Å²) in [6.07, 6.45) is 1.36. The van der Waals surface area contributed by atoms with E-state index in [9.17, 15) is 14.7 Å². The van der Waals surface area contributed by atoms with Crippen LogP contribution in [0, 0.1) is 6.92 Å². The van der Waals surface area contributed by atoms with E-state index in [1.165, 1.54) is 17.2 Å². The predicted molar refractivity (Wildman–Crippen MR) is 104 cm³/mol. The minimum atomic E-state index is -0.924. The van der Waals surface area contributed by atoms with Crippen molar-refractivity contribution in [2.24, 2.45) is 0 Å². The van der Waals surface area contributed by atoms with E-state index in [1.54, 1.807) is 49.4 Å². The summed E-state index contributed by atoms with van der Waals surface area (Å²) in [5.41, 5.74) is 0.402. The summed E-state index contributed by atoms with van der Waals surface area (Å²) in [7, 11) is 0. The summed E-state index contributed by atoms with van der Waals surface area (Å²) in [6, 6.07) is 12.4. The van der Waals surface area contributed by atoms with Crippen LogP contribution >= 0.6 is 0 Å². The number of aryl methyl sites for hydroxylation is 1. The van der Waals surface area contributed by atoms with E-state index in [1.807, 2.05) is 6.92 Å². The summed E-state index contributed by atoms with van der Waals surface area (Å²) in [6.45, 7) is 4.15. The average molecular weight is 393 g/mol. The predicted octanol–water partition coefficient (Wildman–Crippen LogP) is 4.36. The average Bonchev–Trinajstić information content (AvgIpc) is 3.44. The van der Waals surface area contributed by atoms with E-state index in [4.69, 9.17) is 13.6 Å². The van der Waals surface area contributed by atoms with Crippen LogP contribution in [0.2, 0.25) is 0 Å². The molecule has 0 saturated heterocycles. The minimum Gasteiger partial charge on any atom is -0.503 e. The van der Waals surface area contributed by atoms with Gasteiger partial charge < -0.3 is 18.7 Å². The lowest BCUT2D eigenvalue weighted by Crippen LogP contribution is -2.30. The molecule has 29 heavy (non-hydrogen) atoms. The first-order valence-corrected chi connectivity index (χ1v) is 9.15. The van der Waals surface area contributed by atoms with E-state index in [0.29, 0.717) is 29.6 Å². The highest BCUT2D eigenvalue weighted by Gasteiger charge is 2.46. The lowest BCUT2D eigenvalue weighted by molar-refractivity contribution is -0.117. The number of rotatable bonds is 6. The molecule has 1 N–H and O–H groups in total. The molecule has 2 aromatic heterocycles. The van der Waals surface area contributed by atoms with E-state index >= 15 is 0 Å². The maximum absolute atomic E-state index is 13.0. The van der Waals surface area contributed by atoms with Crippen molar-refractivity contribution in [3.63, 3.8) is 0 Å². The van der Waals surface area contributed by atoms with Gasteiger partial charge in [0.15, 0.2) is 11.5 Å². The molecule has 3 aromatic rings. The highest BCUT2D eigenvalue weighted by molar-refractivity contribution is 6.20. The zero-order chi connectivity index (χ0) is 20.5. The second-order valence-corrected chi connectivity index (χ2v) is 6.52. The Kier molecular flexibility index (Phi) is 4.72. The monoisotopic (exact) mass is 393 g/mol. The Labute approximate surface area is 166 Å². The number of ether oxygens (including phenoxy) is 1. The minimum absolute atomic E-state index is 0.0289. The topological polar surface area (TPSA) is 93.1 Å². The Morgan fingerprint density at radius 3 is 2.52 bits per heavy atom. The Bertz CT molecular complexity index is 1070. The number of carbonyl (C=O) groups is 2. The number of aliphatic hydroxyl groups is 1. The van der Waals surface area contributed by atoms with Gasteiger partial charge in [0.25, 0.3) is 5.91 Å². The normalized spacial score (nSPS) is 16.6. The number of benzene rings is 1. The third kappa shape index (κ3) is 3.20. The molecular weight excluding hydrogens is 374 g/mol. The molecule has 3 heterocycles. The number of hydrogen-bond acceptors (Lipinski definition) is 6. The maximum atomic E-state index is 13.0. The number of Topliss-reactive ketones (excluding diaryl/α,β-unsaturated/α-hetero) is 1. The first-order valence-electron chi connectivity index (χ1n) is 9.15. The maximum Gasteiger partial charge on any atom is 0.294 e. The van der Waals surface area contributed by atoms with Crippen LogP contribution in [0.25, 0.3) is 0 Å². The highest BCUT2D eigenvalue weighted by atomic mass is 16.5. The van der Waals surface area contributed by atoms with Crippen molar-refractivity contribution in [3.05, 3.63) is 83.4 Å². The van der Waals surface area contributed by atoms with E-state index < -0.39 is 23.5 Å². The Balaban J connectivity index is 1.81. The van der Waals surface area contributed by atoms with Gasteiger partial charge in [-0.1, -0.05) is 0 Å².